The number of rotatable bonds is 10. The van der Waals surface area contributed by atoms with Crippen molar-refractivity contribution in [2.45, 2.75) is 39.4 Å². The van der Waals surface area contributed by atoms with E-state index in [1.165, 1.54) is 16.7 Å². The zero-order chi connectivity index (χ0) is 28.1. The van der Waals surface area contributed by atoms with E-state index in [4.69, 9.17) is 9.47 Å². The minimum absolute atomic E-state index is 0.0127. The lowest BCUT2D eigenvalue weighted by molar-refractivity contribution is 0.0773. The Hall–Kier alpha value is -4.10. The number of hydrogen-bond acceptors (Lipinski definition) is 5. The molecule has 1 unspecified atom stereocenters. The molecule has 1 aromatic heterocycles. The van der Waals surface area contributed by atoms with E-state index in [9.17, 15) is 4.79 Å². The SMILES string of the molecule is CCN(CC)C(=O)c1ccc(C2c3cc(OC)c(OC)cc3CCN2Cc2cncn2Cc2ccccc2)cc1. The number of hydrogen-bond donors (Lipinski definition) is 0. The van der Waals surface area contributed by atoms with Crippen LogP contribution in [-0.4, -0.2) is 59.1 Å². The zero-order valence-electron chi connectivity index (χ0n) is 23.8. The first-order valence-electron chi connectivity index (χ1n) is 14.0. The van der Waals surface area contributed by atoms with Crippen LogP contribution in [-0.2, 0) is 19.5 Å². The number of imidazole rings is 1. The molecule has 7 heteroatoms. The summed E-state index contributed by atoms with van der Waals surface area (Å²) in [6.45, 7) is 7.81. The van der Waals surface area contributed by atoms with Gasteiger partial charge in [-0.2, -0.15) is 0 Å². The van der Waals surface area contributed by atoms with Gasteiger partial charge in [-0.25, -0.2) is 4.98 Å². The highest BCUT2D eigenvalue weighted by atomic mass is 16.5. The van der Waals surface area contributed by atoms with E-state index in [1.54, 1.807) is 14.2 Å². The van der Waals surface area contributed by atoms with Crippen molar-refractivity contribution in [3.8, 4) is 11.5 Å². The molecule has 40 heavy (non-hydrogen) atoms. The van der Waals surface area contributed by atoms with E-state index >= 15 is 0 Å². The molecule has 1 atom stereocenters. The zero-order valence-corrected chi connectivity index (χ0v) is 23.8. The molecule has 0 N–H and O–H groups in total. The number of carbonyl (C=O) groups excluding carboxylic acids is 1. The summed E-state index contributed by atoms with van der Waals surface area (Å²) in [4.78, 5) is 21.8. The summed E-state index contributed by atoms with van der Waals surface area (Å²) < 4.78 is 13.6. The maximum absolute atomic E-state index is 13.0. The summed E-state index contributed by atoms with van der Waals surface area (Å²) in [5.41, 5.74) is 6.70. The number of ether oxygens (including phenoxy) is 2. The fraction of sp³-hybridized carbons (Fsp3) is 0.333. The molecule has 1 aliphatic heterocycles. The average Bonchev–Trinajstić information content (AvgIpc) is 3.43. The number of nitrogens with zero attached hydrogens (tertiary/aromatic N) is 4. The highest BCUT2D eigenvalue weighted by Gasteiger charge is 2.31. The standard InChI is InChI=1S/C33H38N4O3/c1-5-35(6-2)33(38)26-14-12-25(13-15-26)32-29-19-31(40-4)30(39-3)18-27(29)16-17-36(32)22-28-20-34-23-37(28)21-24-10-8-7-9-11-24/h7-15,18-20,23,32H,5-6,16-17,21-22H2,1-4H3. The lowest BCUT2D eigenvalue weighted by Crippen LogP contribution is -2.36. The van der Waals surface area contributed by atoms with Crippen LogP contribution in [0.1, 0.15) is 58.2 Å². The van der Waals surface area contributed by atoms with Crippen LogP contribution in [0, 0.1) is 0 Å². The molecular weight excluding hydrogens is 500 g/mol. The summed E-state index contributed by atoms with van der Waals surface area (Å²) in [5.74, 6) is 1.53. The minimum atomic E-state index is -0.0127. The molecule has 0 aliphatic carbocycles. The molecular formula is C33H38N4O3. The Balaban J connectivity index is 1.51. The first-order chi connectivity index (χ1) is 19.6. The van der Waals surface area contributed by atoms with Gasteiger partial charge in [-0.3, -0.25) is 9.69 Å². The van der Waals surface area contributed by atoms with E-state index in [-0.39, 0.29) is 11.9 Å². The van der Waals surface area contributed by atoms with Crippen LogP contribution in [0.5, 0.6) is 11.5 Å². The molecule has 0 radical (unpaired) electrons. The molecule has 0 fully saturated rings. The van der Waals surface area contributed by atoms with Crippen LogP contribution in [0.3, 0.4) is 0 Å². The molecule has 1 aliphatic rings. The second-order valence-corrected chi connectivity index (χ2v) is 10.1. The lowest BCUT2D eigenvalue weighted by atomic mass is 9.87. The highest BCUT2D eigenvalue weighted by Crippen LogP contribution is 2.41. The van der Waals surface area contributed by atoms with Crippen LogP contribution < -0.4 is 9.47 Å². The van der Waals surface area contributed by atoms with Gasteiger partial charge in [0, 0.05) is 44.5 Å². The Morgan fingerprint density at radius 2 is 1.65 bits per heavy atom. The smallest absolute Gasteiger partial charge is 0.253 e. The number of aromatic nitrogens is 2. The van der Waals surface area contributed by atoms with Gasteiger partial charge in [0.2, 0.25) is 0 Å². The van der Waals surface area contributed by atoms with Crippen LogP contribution >= 0.6 is 0 Å². The molecule has 2 heterocycles. The van der Waals surface area contributed by atoms with Gasteiger partial charge in [0.15, 0.2) is 11.5 Å². The Labute approximate surface area is 237 Å². The molecule has 0 spiro atoms. The lowest BCUT2D eigenvalue weighted by Gasteiger charge is -2.38. The predicted molar refractivity (Wildman–Crippen MR) is 157 cm³/mol. The average molecular weight is 539 g/mol. The second kappa shape index (κ2) is 12.4. The first-order valence-corrected chi connectivity index (χ1v) is 14.0. The number of benzene rings is 3. The molecule has 0 saturated carbocycles. The van der Waals surface area contributed by atoms with Crippen LogP contribution in [0.15, 0.2) is 79.3 Å². The van der Waals surface area contributed by atoms with Gasteiger partial charge in [-0.1, -0.05) is 42.5 Å². The van der Waals surface area contributed by atoms with E-state index in [2.05, 4.69) is 63.0 Å². The summed E-state index contributed by atoms with van der Waals surface area (Å²) in [6, 6.07) is 22.8. The number of carbonyl (C=O) groups is 1. The molecule has 1 amide bonds. The molecule has 5 rings (SSSR count). The summed E-state index contributed by atoms with van der Waals surface area (Å²) in [7, 11) is 3.35. The van der Waals surface area contributed by atoms with Crippen molar-refractivity contribution < 1.29 is 14.3 Å². The molecule has 0 saturated heterocycles. The second-order valence-electron chi connectivity index (χ2n) is 10.1. The van der Waals surface area contributed by atoms with Crippen molar-refractivity contribution in [1.29, 1.82) is 0 Å². The third kappa shape index (κ3) is 5.61. The maximum Gasteiger partial charge on any atom is 0.253 e. The van der Waals surface area contributed by atoms with Crippen LogP contribution in [0.25, 0.3) is 0 Å². The highest BCUT2D eigenvalue weighted by molar-refractivity contribution is 5.94. The van der Waals surface area contributed by atoms with Gasteiger partial charge < -0.3 is 18.9 Å². The van der Waals surface area contributed by atoms with Gasteiger partial charge in [0.1, 0.15) is 0 Å². The Bertz CT molecular complexity index is 1430. The third-order valence-electron chi connectivity index (χ3n) is 7.86. The maximum atomic E-state index is 13.0. The van der Waals surface area contributed by atoms with E-state index in [1.807, 2.05) is 49.5 Å². The Morgan fingerprint density at radius 3 is 2.33 bits per heavy atom. The normalized spacial score (nSPS) is 14.9. The van der Waals surface area contributed by atoms with Crippen molar-refractivity contribution in [3.63, 3.8) is 0 Å². The summed E-state index contributed by atoms with van der Waals surface area (Å²) in [6.07, 6.45) is 4.78. The van der Waals surface area contributed by atoms with Crippen LogP contribution in [0.4, 0.5) is 0 Å². The van der Waals surface area contributed by atoms with Gasteiger partial charge in [-0.15, -0.1) is 0 Å². The largest absolute Gasteiger partial charge is 0.493 e. The molecule has 208 valence electrons. The fourth-order valence-corrected chi connectivity index (χ4v) is 5.67. The topological polar surface area (TPSA) is 59.8 Å². The van der Waals surface area contributed by atoms with Gasteiger partial charge in [0.05, 0.1) is 32.3 Å². The van der Waals surface area contributed by atoms with Gasteiger partial charge in [0.25, 0.3) is 5.91 Å². The Kier molecular flexibility index (Phi) is 8.51. The quantitative estimate of drug-likeness (QED) is 0.264. The first kappa shape index (κ1) is 27.5. The van der Waals surface area contributed by atoms with E-state index in [0.717, 1.165) is 48.8 Å². The molecule has 0 bridgehead atoms. The van der Waals surface area contributed by atoms with Crippen molar-refractivity contribution in [3.05, 3.63) is 113 Å². The van der Waals surface area contributed by atoms with E-state index < -0.39 is 0 Å². The monoisotopic (exact) mass is 538 g/mol. The molecule has 7 nitrogen and oxygen atoms in total. The van der Waals surface area contributed by atoms with Crippen molar-refractivity contribution >= 4 is 5.91 Å². The number of methoxy groups -OCH3 is 2. The minimum Gasteiger partial charge on any atom is -0.493 e. The number of fused-ring (bicyclic) bond motifs is 1. The molecule has 4 aromatic rings. The summed E-state index contributed by atoms with van der Waals surface area (Å²) >= 11 is 0. The third-order valence-corrected chi connectivity index (χ3v) is 7.86. The van der Waals surface area contributed by atoms with Crippen molar-refractivity contribution in [2.75, 3.05) is 33.9 Å². The van der Waals surface area contributed by atoms with Gasteiger partial charge in [-0.05, 0) is 66.8 Å². The predicted octanol–water partition coefficient (Wildman–Crippen LogP) is 5.58. The van der Waals surface area contributed by atoms with Crippen LogP contribution in [0.2, 0.25) is 0 Å². The van der Waals surface area contributed by atoms with Crippen molar-refractivity contribution in [2.24, 2.45) is 0 Å². The van der Waals surface area contributed by atoms with Crippen molar-refractivity contribution in [1.82, 2.24) is 19.4 Å². The summed E-state index contributed by atoms with van der Waals surface area (Å²) in [5, 5.41) is 0. The Morgan fingerprint density at radius 1 is 0.950 bits per heavy atom. The molecule has 3 aromatic carbocycles. The van der Waals surface area contributed by atoms with Gasteiger partial charge >= 0.3 is 0 Å². The fourth-order valence-electron chi connectivity index (χ4n) is 5.67. The van der Waals surface area contributed by atoms with E-state index in [0.29, 0.717) is 18.7 Å². The number of amides is 1.